The highest BCUT2D eigenvalue weighted by Crippen LogP contribution is 2.26. The molecule has 23 heavy (non-hydrogen) atoms. The first-order valence-corrected chi connectivity index (χ1v) is 7.54. The Morgan fingerprint density at radius 1 is 1.35 bits per heavy atom. The maximum absolute atomic E-state index is 11.3. The van der Waals surface area contributed by atoms with Gasteiger partial charge in [-0.1, -0.05) is 37.8 Å². The maximum Gasteiger partial charge on any atom is 0.330 e. The van der Waals surface area contributed by atoms with Crippen molar-refractivity contribution in [3.05, 3.63) is 54.6 Å². The first-order chi connectivity index (χ1) is 11.1. The SMILES string of the molecule is C=CCOC(=O)/C=C/C[C@H](C)[C@@H](O)c1ccc(OCCO)cc1. The molecule has 1 aromatic rings. The molecule has 5 nitrogen and oxygen atoms in total. The summed E-state index contributed by atoms with van der Waals surface area (Å²) >= 11 is 0. The molecule has 0 radical (unpaired) electrons. The van der Waals surface area contributed by atoms with Gasteiger partial charge in [0.1, 0.15) is 19.0 Å². The third-order valence-corrected chi connectivity index (χ3v) is 3.23. The van der Waals surface area contributed by atoms with Crippen LogP contribution in [0.25, 0.3) is 0 Å². The van der Waals surface area contributed by atoms with Crippen LogP contribution in [0.1, 0.15) is 25.0 Å². The Kier molecular flexibility index (Phi) is 8.72. The number of carbonyl (C=O) groups is 1. The fourth-order valence-corrected chi connectivity index (χ4v) is 1.95. The molecule has 0 aliphatic heterocycles. The largest absolute Gasteiger partial charge is 0.491 e. The van der Waals surface area contributed by atoms with Crippen LogP contribution in [0.5, 0.6) is 5.75 Å². The minimum atomic E-state index is -0.643. The summed E-state index contributed by atoms with van der Waals surface area (Å²) in [6.07, 6.45) is 4.46. The molecule has 0 amide bonds. The third kappa shape index (κ3) is 7.13. The van der Waals surface area contributed by atoms with Gasteiger partial charge in [0.2, 0.25) is 0 Å². The second-order valence-electron chi connectivity index (χ2n) is 5.12. The van der Waals surface area contributed by atoms with Gasteiger partial charge in [0, 0.05) is 6.08 Å². The van der Waals surface area contributed by atoms with Crippen LogP contribution in [0.2, 0.25) is 0 Å². The van der Waals surface area contributed by atoms with E-state index < -0.39 is 12.1 Å². The predicted octanol–water partition coefficient (Wildman–Crippen LogP) is 2.40. The molecule has 0 saturated carbocycles. The number of carbonyl (C=O) groups excluding carboxylic acids is 1. The first kappa shape index (κ1) is 18.9. The zero-order chi connectivity index (χ0) is 17.1. The van der Waals surface area contributed by atoms with Gasteiger partial charge in [0.15, 0.2) is 0 Å². The van der Waals surface area contributed by atoms with Crippen LogP contribution in [-0.4, -0.2) is 36.0 Å². The number of allylic oxidation sites excluding steroid dienone is 1. The number of ether oxygens (including phenoxy) is 2. The summed E-state index contributed by atoms with van der Waals surface area (Å²) in [4.78, 5) is 11.3. The van der Waals surface area contributed by atoms with E-state index in [9.17, 15) is 9.90 Å². The molecular weight excluding hydrogens is 296 g/mol. The van der Waals surface area contributed by atoms with Gasteiger partial charge in [-0.3, -0.25) is 0 Å². The first-order valence-electron chi connectivity index (χ1n) is 7.54. The van der Waals surface area contributed by atoms with Crippen LogP contribution in [0.15, 0.2) is 49.1 Å². The Bertz CT molecular complexity index is 507. The lowest BCUT2D eigenvalue weighted by Gasteiger charge is -2.18. The number of hydrogen-bond donors (Lipinski definition) is 2. The summed E-state index contributed by atoms with van der Waals surface area (Å²) in [6.45, 7) is 5.76. The van der Waals surface area contributed by atoms with Gasteiger partial charge >= 0.3 is 5.97 Å². The van der Waals surface area contributed by atoms with Gasteiger partial charge < -0.3 is 19.7 Å². The van der Waals surface area contributed by atoms with Crippen molar-refractivity contribution in [3.63, 3.8) is 0 Å². The van der Waals surface area contributed by atoms with E-state index in [1.54, 1.807) is 30.3 Å². The summed E-state index contributed by atoms with van der Waals surface area (Å²) in [5.74, 6) is 0.173. The van der Waals surface area contributed by atoms with E-state index in [0.717, 1.165) is 5.56 Å². The van der Waals surface area contributed by atoms with Gasteiger partial charge in [0.25, 0.3) is 0 Å². The fraction of sp³-hybridized carbons (Fsp3) is 0.389. The Morgan fingerprint density at radius 3 is 2.65 bits per heavy atom. The van der Waals surface area contributed by atoms with E-state index in [0.29, 0.717) is 12.2 Å². The number of benzene rings is 1. The lowest BCUT2D eigenvalue weighted by molar-refractivity contribution is -0.136. The van der Waals surface area contributed by atoms with Crippen LogP contribution in [0.3, 0.4) is 0 Å². The van der Waals surface area contributed by atoms with Crippen molar-refractivity contribution in [3.8, 4) is 5.75 Å². The maximum atomic E-state index is 11.3. The summed E-state index contributed by atoms with van der Waals surface area (Å²) < 4.78 is 10.1. The van der Waals surface area contributed by atoms with Crippen molar-refractivity contribution < 1.29 is 24.5 Å². The van der Waals surface area contributed by atoms with Gasteiger partial charge in [-0.15, -0.1) is 0 Å². The topological polar surface area (TPSA) is 76.0 Å². The molecule has 0 saturated heterocycles. The van der Waals surface area contributed by atoms with Gasteiger partial charge in [-0.05, 0) is 30.0 Å². The number of rotatable bonds is 10. The molecule has 0 aliphatic carbocycles. The Balaban J connectivity index is 2.49. The number of aliphatic hydroxyl groups excluding tert-OH is 2. The molecule has 2 atom stereocenters. The summed E-state index contributed by atoms with van der Waals surface area (Å²) in [6, 6.07) is 7.08. The zero-order valence-electron chi connectivity index (χ0n) is 13.4. The van der Waals surface area contributed by atoms with Crippen molar-refractivity contribution in [2.45, 2.75) is 19.4 Å². The molecule has 0 aliphatic rings. The summed E-state index contributed by atoms with van der Waals surface area (Å²) in [5.41, 5.74) is 0.775. The molecule has 5 heteroatoms. The van der Waals surface area contributed by atoms with Crippen LogP contribution < -0.4 is 4.74 Å². The average Bonchev–Trinajstić information content (AvgIpc) is 2.57. The number of aliphatic hydroxyl groups is 2. The third-order valence-electron chi connectivity index (χ3n) is 3.23. The smallest absolute Gasteiger partial charge is 0.330 e. The molecule has 0 spiro atoms. The monoisotopic (exact) mass is 320 g/mol. The lowest BCUT2D eigenvalue weighted by atomic mass is 9.94. The lowest BCUT2D eigenvalue weighted by Crippen LogP contribution is -2.09. The molecule has 0 aromatic heterocycles. The Labute approximate surface area is 136 Å². The van der Waals surface area contributed by atoms with E-state index in [2.05, 4.69) is 6.58 Å². The molecular formula is C18H24O5. The highest BCUT2D eigenvalue weighted by molar-refractivity contribution is 5.81. The van der Waals surface area contributed by atoms with Crippen LogP contribution in [0.4, 0.5) is 0 Å². The molecule has 2 N–H and O–H groups in total. The second kappa shape index (κ2) is 10.6. The highest BCUT2D eigenvalue weighted by Gasteiger charge is 2.15. The van der Waals surface area contributed by atoms with E-state index in [1.807, 2.05) is 6.92 Å². The van der Waals surface area contributed by atoms with Crippen molar-refractivity contribution in [1.82, 2.24) is 0 Å². The van der Waals surface area contributed by atoms with Gasteiger partial charge in [-0.2, -0.15) is 0 Å². The van der Waals surface area contributed by atoms with E-state index in [-0.39, 0.29) is 25.7 Å². The van der Waals surface area contributed by atoms with Crippen LogP contribution in [-0.2, 0) is 9.53 Å². The van der Waals surface area contributed by atoms with Crippen LogP contribution >= 0.6 is 0 Å². The van der Waals surface area contributed by atoms with Gasteiger partial charge in [0.05, 0.1) is 12.7 Å². The predicted molar refractivity (Wildman–Crippen MR) is 88.1 cm³/mol. The minimum absolute atomic E-state index is 0.0387. The second-order valence-corrected chi connectivity index (χ2v) is 5.12. The highest BCUT2D eigenvalue weighted by atomic mass is 16.5. The quantitative estimate of drug-likeness (QED) is 0.393. The molecule has 1 aromatic carbocycles. The van der Waals surface area contributed by atoms with Gasteiger partial charge in [-0.25, -0.2) is 4.79 Å². The number of hydrogen-bond acceptors (Lipinski definition) is 5. The van der Waals surface area contributed by atoms with Crippen molar-refractivity contribution >= 4 is 5.97 Å². The standard InChI is InChI=1S/C18H24O5/c1-3-12-23-17(20)6-4-5-14(2)18(21)15-7-9-16(10-8-15)22-13-11-19/h3-4,6-10,14,18-19,21H,1,5,11-13H2,2H3/b6-4+/t14-,18+/m0/s1. The molecule has 0 fully saturated rings. The molecule has 1 rings (SSSR count). The molecule has 0 unspecified atom stereocenters. The summed E-state index contributed by atoms with van der Waals surface area (Å²) in [7, 11) is 0. The Morgan fingerprint density at radius 2 is 2.04 bits per heavy atom. The Hall–Kier alpha value is -2.11. The average molecular weight is 320 g/mol. The fourth-order valence-electron chi connectivity index (χ4n) is 1.95. The molecule has 126 valence electrons. The van der Waals surface area contributed by atoms with Crippen molar-refractivity contribution in [1.29, 1.82) is 0 Å². The molecule has 0 heterocycles. The van der Waals surface area contributed by atoms with E-state index in [1.165, 1.54) is 12.2 Å². The summed E-state index contributed by atoms with van der Waals surface area (Å²) in [5, 5.41) is 19.0. The zero-order valence-corrected chi connectivity index (χ0v) is 13.4. The molecule has 0 bridgehead atoms. The number of esters is 1. The van der Waals surface area contributed by atoms with Crippen LogP contribution in [0, 0.1) is 5.92 Å². The normalized spacial score (nSPS) is 13.5. The van der Waals surface area contributed by atoms with E-state index in [4.69, 9.17) is 14.6 Å². The minimum Gasteiger partial charge on any atom is -0.491 e. The van der Waals surface area contributed by atoms with Crippen molar-refractivity contribution in [2.24, 2.45) is 5.92 Å². The van der Waals surface area contributed by atoms with Crippen molar-refractivity contribution in [2.75, 3.05) is 19.8 Å². The van der Waals surface area contributed by atoms with E-state index >= 15 is 0 Å².